The van der Waals surface area contributed by atoms with Crippen molar-refractivity contribution in [2.24, 2.45) is 0 Å². The third-order valence-electron chi connectivity index (χ3n) is 2.35. The maximum absolute atomic E-state index is 8.97. The van der Waals surface area contributed by atoms with Crippen LogP contribution in [0.2, 0.25) is 0 Å². The Labute approximate surface area is 93.7 Å². The van der Waals surface area contributed by atoms with E-state index in [0.29, 0.717) is 6.04 Å². The first-order chi connectivity index (χ1) is 6.56. The Morgan fingerprint density at radius 3 is 2.50 bits per heavy atom. The van der Waals surface area contributed by atoms with E-state index in [1.165, 1.54) is 0 Å². The maximum atomic E-state index is 8.97. The third-order valence-corrected chi connectivity index (χ3v) is 2.98. The van der Waals surface area contributed by atoms with E-state index < -0.39 is 0 Å². The molecular weight excluding hydrogens is 242 g/mol. The van der Waals surface area contributed by atoms with Gasteiger partial charge in [-0.3, -0.25) is 0 Å². The van der Waals surface area contributed by atoms with Crippen LogP contribution in [0.25, 0.3) is 0 Å². The first kappa shape index (κ1) is 11.5. The number of hydrogen-bond donors (Lipinski definition) is 1. The average Bonchev–Trinajstić information content (AvgIpc) is 2.16. The molecule has 0 aliphatic heterocycles. The van der Waals surface area contributed by atoms with Crippen molar-refractivity contribution in [1.82, 2.24) is 0 Å². The van der Waals surface area contributed by atoms with Crippen LogP contribution in [0.15, 0.2) is 22.7 Å². The van der Waals surface area contributed by atoms with Crippen LogP contribution in [0.1, 0.15) is 19.4 Å². The Morgan fingerprint density at radius 1 is 1.43 bits per heavy atom. The molecule has 1 rings (SSSR count). The Morgan fingerprint density at radius 2 is 2.07 bits per heavy atom. The van der Waals surface area contributed by atoms with Gasteiger partial charge in [-0.15, -0.1) is 0 Å². The number of halogens is 1. The highest BCUT2D eigenvalue weighted by Gasteiger charge is 2.08. The summed E-state index contributed by atoms with van der Waals surface area (Å²) in [6.07, 6.45) is 0. The highest BCUT2D eigenvalue weighted by atomic mass is 79.9. The van der Waals surface area contributed by atoms with Crippen LogP contribution in [0.4, 0.5) is 5.69 Å². The van der Waals surface area contributed by atoms with Crippen LogP contribution in [0.3, 0.4) is 0 Å². The van der Waals surface area contributed by atoms with Crippen molar-refractivity contribution in [1.29, 1.82) is 0 Å². The van der Waals surface area contributed by atoms with Gasteiger partial charge in [-0.05, 0) is 47.5 Å². The first-order valence-electron chi connectivity index (χ1n) is 4.68. The molecule has 0 unspecified atom stereocenters. The lowest BCUT2D eigenvalue weighted by Crippen LogP contribution is -2.25. The molecule has 0 heterocycles. The van der Waals surface area contributed by atoms with E-state index in [1.807, 2.05) is 18.2 Å². The quantitative estimate of drug-likeness (QED) is 0.901. The summed E-state index contributed by atoms with van der Waals surface area (Å²) in [5.41, 5.74) is 2.08. The number of rotatable bonds is 3. The van der Waals surface area contributed by atoms with E-state index in [0.717, 1.165) is 15.7 Å². The third kappa shape index (κ3) is 2.49. The van der Waals surface area contributed by atoms with Crippen LogP contribution in [-0.4, -0.2) is 18.2 Å². The molecule has 1 aromatic rings. The van der Waals surface area contributed by atoms with E-state index in [1.54, 1.807) is 0 Å². The molecule has 78 valence electrons. The minimum atomic E-state index is 0.0876. The average molecular weight is 258 g/mol. The predicted molar refractivity (Wildman–Crippen MR) is 63.6 cm³/mol. The van der Waals surface area contributed by atoms with Gasteiger partial charge >= 0.3 is 0 Å². The summed E-state index contributed by atoms with van der Waals surface area (Å²) in [5.74, 6) is 0. The standard InChI is InChI=1S/C11H16BrNO/c1-8(2)13(3)11-5-4-9(7-14)6-10(11)12/h4-6,8,14H,7H2,1-3H3. The fourth-order valence-corrected chi connectivity index (χ4v) is 1.92. The van der Waals surface area contributed by atoms with Gasteiger partial charge in [0, 0.05) is 17.6 Å². The largest absolute Gasteiger partial charge is 0.392 e. The van der Waals surface area contributed by atoms with Crippen LogP contribution >= 0.6 is 15.9 Å². The van der Waals surface area contributed by atoms with Gasteiger partial charge < -0.3 is 10.0 Å². The molecule has 3 heteroatoms. The van der Waals surface area contributed by atoms with Gasteiger partial charge in [0.25, 0.3) is 0 Å². The highest BCUT2D eigenvalue weighted by Crippen LogP contribution is 2.27. The zero-order chi connectivity index (χ0) is 10.7. The highest BCUT2D eigenvalue weighted by molar-refractivity contribution is 9.10. The van der Waals surface area contributed by atoms with Crippen molar-refractivity contribution in [3.63, 3.8) is 0 Å². The lowest BCUT2D eigenvalue weighted by molar-refractivity contribution is 0.282. The first-order valence-corrected chi connectivity index (χ1v) is 5.47. The van der Waals surface area contributed by atoms with Crippen LogP contribution in [-0.2, 0) is 6.61 Å². The Kier molecular flexibility index (Phi) is 3.96. The molecule has 0 bridgehead atoms. The van der Waals surface area contributed by atoms with Gasteiger partial charge in [-0.2, -0.15) is 0 Å². The second kappa shape index (κ2) is 4.80. The number of anilines is 1. The van der Waals surface area contributed by atoms with Crippen molar-refractivity contribution in [2.45, 2.75) is 26.5 Å². The van der Waals surface area contributed by atoms with Crippen molar-refractivity contribution in [3.8, 4) is 0 Å². The van der Waals surface area contributed by atoms with Crippen molar-refractivity contribution >= 4 is 21.6 Å². The number of aliphatic hydroxyl groups excluding tert-OH is 1. The molecule has 0 aliphatic rings. The van der Waals surface area contributed by atoms with Gasteiger partial charge in [0.15, 0.2) is 0 Å². The minimum absolute atomic E-state index is 0.0876. The van der Waals surface area contributed by atoms with Crippen molar-refractivity contribution in [2.75, 3.05) is 11.9 Å². The molecule has 0 spiro atoms. The Balaban J connectivity index is 2.99. The zero-order valence-corrected chi connectivity index (χ0v) is 10.4. The van der Waals surface area contributed by atoms with E-state index in [4.69, 9.17) is 5.11 Å². The van der Waals surface area contributed by atoms with E-state index in [-0.39, 0.29) is 6.61 Å². The summed E-state index contributed by atoms with van der Waals surface area (Å²) in [5, 5.41) is 8.97. The van der Waals surface area contributed by atoms with Crippen molar-refractivity contribution < 1.29 is 5.11 Å². The Bertz CT molecular complexity index is 312. The molecule has 0 aromatic heterocycles. The fraction of sp³-hybridized carbons (Fsp3) is 0.455. The lowest BCUT2D eigenvalue weighted by atomic mass is 10.2. The molecule has 0 aliphatic carbocycles. The van der Waals surface area contributed by atoms with E-state index in [9.17, 15) is 0 Å². The normalized spacial score (nSPS) is 10.7. The molecular formula is C11H16BrNO. The molecule has 1 N–H and O–H groups in total. The molecule has 2 nitrogen and oxygen atoms in total. The predicted octanol–water partition coefficient (Wildman–Crippen LogP) is 2.79. The zero-order valence-electron chi connectivity index (χ0n) is 8.79. The summed E-state index contributed by atoms with van der Waals surface area (Å²) in [4.78, 5) is 2.19. The fourth-order valence-electron chi connectivity index (χ4n) is 1.21. The molecule has 0 atom stereocenters. The molecule has 0 saturated carbocycles. The summed E-state index contributed by atoms with van der Waals surface area (Å²) in [6, 6.07) is 6.38. The summed E-state index contributed by atoms with van der Waals surface area (Å²) < 4.78 is 1.03. The van der Waals surface area contributed by atoms with Crippen molar-refractivity contribution in [3.05, 3.63) is 28.2 Å². The molecule has 0 saturated heterocycles. The summed E-state index contributed by atoms with van der Waals surface area (Å²) in [7, 11) is 2.06. The second-order valence-corrected chi connectivity index (χ2v) is 4.50. The topological polar surface area (TPSA) is 23.5 Å². The molecule has 0 amide bonds. The molecule has 0 radical (unpaired) electrons. The SMILES string of the molecule is CC(C)N(C)c1ccc(CO)cc1Br. The van der Waals surface area contributed by atoms with Gasteiger partial charge in [0.2, 0.25) is 0 Å². The van der Waals surface area contributed by atoms with Gasteiger partial charge in [0.05, 0.1) is 12.3 Å². The van der Waals surface area contributed by atoms with Crippen LogP contribution in [0.5, 0.6) is 0 Å². The van der Waals surface area contributed by atoms with E-state index in [2.05, 4.69) is 41.7 Å². The summed E-state index contributed by atoms with van der Waals surface area (Å²) in [6.45, 7) is 4.38. The van der Waals surface area contributed by atoms with E-state index >= 15 is 0 Å². The van der Waals surface area contributed by atoms with Gasteiger partial charge in [-0.1, -0.05) is 6.07 Å². The monoisotopic (exact) mass is 257 g/mol. The minimum Gasteiger partial charge on any atom is -0.392 e. The molecule has 1 aromatic carbocycles. The van der Waals surface area contributed by atoms with Gasteiger partial charge in [0.1, 0.15) is 0 Å². The lowest BCUT2D eigenvalue weighted by Gasteiger charge is -2.25. The van der Waals surface area contributed by atoms with Crippen LogP contribution < -0.4 is 4.90 Å². The maximum Gasteiger partial charge on any atom is 0.0682 e. The Hall–Kier alpha value is -0.540. The number of aliphatic hydroxyl groups is 1. The smallest absolute Gasteiger partial charge is 0.0682 e. The summed E-state index contributed by atoms with van der Waals surface area (Å²) >= 11 is 3.50. The molecule has 14 heavy (non-hydrogen) atoms. The molecule has 0 fully saturated rings. The second-order valence-electron chi connectivity index (χ2n) is 3.65. The number of hydrogen-bond acceptors (Lipinski definition) is 2. The van der Waals surface area contributed by atoms with Crippen LogP contribution in [0, 0.1) is 0 Å². The number of nitrogens with zero attached hydrogens (tertiary/aromatic N) is 1. The van der Waals surface area contributed by atoms with Gasteiger partial charge in [-0.25, -0.2) is 0 Å². The number of benzene rings is 1.